The molecule has 3 nitrogen and oxygen atoms in total. The fourth-order valence-electron chi connectivity index (χ4n) is 1.64. The van der Waals surface area contributed by atoms with Crippen LogP contribution < -0.4 is 5.73 Å². The van der Waals surface area contributed by atoms with E-state index in [0.717, 1.165) is 29.7 Å². The van der Waals surface area contributed by atoms with Gasteiger partial charge in [0.15, 0.2) is 0 Å². The molecule has 0 aliphatic heterocycles. The van der Waals surface area contributed by atoms with Gasteiger partial charge >= 0.3 is 0 Å². The Bertz CT molecular complexity index is 464. The Hall–Kier alpha value is -1.06. The average Bonchev–Trinajstić information content (AvgIpc) is 2.63. The second kappa shape index (κ2) is 4.21. The van der Waals surface area contributed by atoms with Crippen LogP contribution in [0.15, 0.2) is 18.2 Å². The molecular weight excluding hydrogens is 210 g/mol. The first kappa shape index (κ1) is 10.5. The number of para-hydroxylation sites is 1. The summed E-state index contributed by atoms with van der Waals surface area (Å²) >= 11 is 6.03. The van der Waals surface area contributed by atoms with Gasteiger partial charge in [0.2, 0.25) is 0 Å². The van der Waals surface area contributed by atoms with Crippen LogP contribution in [0.3, 0.4) is 0 Å². The van der Waals surface area contributed by atoms with Gasteiger partial charge in [-0.3, -0.25) is 0 Å². The molecule has 0 bridgehead atoms. The van der Waals surface area contributed by atoms with Crippen molar-refractivity contribution in [2.45, 2.75) is 25.8 Å². The fraction of sp³-hybridized carbons (Fsp3) is 0.364. The van der Waals surface area contributed by atoms with Gasteiger partial charge in [0.05, 0.1) is 16.6 Å². The molecule has 0 saturated carbocycles. The maximum absolute atomic E-state index is 6.03. The molecule has 0 fully saturated rings. The molecule has 0 spiro atoms. The Labute approximate surface area is 93.6 Å². The van der Waals surface area contributed by atoms with E-state index in [0.29, 0.717) is 5.02 Å². The van der Waals surface area contributed by atoms with E-state index >= 15 is 0 Å². The van der Waals surface area contributed by atoms with Gasteiger partial charge in [0.1, 0.15) is 11.3 Å². The van der Waals surface area contributed by atoms with Gasteiger partial charge in [-0.05, 0) is 18.6 Å². The van der Waals surface area contributed by atoms with Gasteiger partial charge in [-0.25, -0.2) is 4.98 Å². The quantitative estimate of drug-likeness (QED) is 0.841. The summed E-state index contributed by atoms with van der Waals surface area (Å²) in [7, 11) is 0. The molecule has 2 aromatic rings. The van der Waals surface area contributed by atoms with E-state index in [4.69, 9.17) is 17.3 Å². The number of rotatable bonds is 3. The largest absolute Gasteiger partial charge is 0.341 e. The summed E-state index contributed by atoms with van der Waals surface area (Å²) in [5.41, 5.74) is 7.74. The summed E-state index contributed by atoms with van der Waals surface area (Å²) in [4.78, 5) is 7.62. The summed E-state index contributed by atoms with van der Waals surface area (Å²) in [5.74, 6) is 0.819. The Balaban J connectivity index is 2.43. The molecule has 0 aliphatic carbocycles. The first-order chi connectivity index (χ1) is 7.22. The lowest BCUT2D eigenvalue weighted by Crippen LogP contribution is -2.11. The van der Waals surface area contributed by atoms with Gasteiger partial charge in [0.25, 0.3) is 0 Å². The van der Waals surface area contributed by atoms with E-state index in [-0.39, 0.29) is 6.04 Å². The predicted molar refractivity (Wildman–Crippen MR) is 62.9 cm³/mol. The summed E-state index contributed by atoms with van der Waals surface area (Å²) < 4.78 is 0. The minimum absolute atomic E-state index is 0.0292. The highest BCUT2D eigenvalue weighted by Gasteiger charge is 2.11. The molecule has 1 unspecified atom stereocenters. The SMILES string of the molecule is CCCC(N)c1nc2c(Cl)cccc2[nH]1. The van der Waals surface area contributed by atoms with Crippen LogP contribution in [0, 0.1) is 0 Å². The molecule has 0 saturated heterocycles. The van der Waals surface area contributed by atoms with Crippen LogP contribution in [0.25, 0.3) is 11.0 Å². The summed E-state index contributed by atoms with van der Waals surface area (Å²) in [6.45, 7) is 2.11. The Morgan fingerprint density at radius 1 is 1.53 bits per heavy atom. The lowest BCUT2D eigenvalue weighted by Gasteiger charge is -2.04. The summed E-state index contributed by atoms with van der Waals surface area (Å²) in [6, 6.07) is 5.66. The number of nitrogens with zero attached hydrogens (tertiary/aromatic N) is 1. The zero-order valence-electron chi connectivity index (χ0n) is 8.63. The number of aromatic nitrogens is 2. The first-order valence-corrected chi connectivity index (χ1v) is 5.50. The van der Waals surface area contributed by atoms with Crippen LogP contribution >= 0.6 is 11.6 Å². The highest BCUT2D eigenvalue weighted by atomic mass is 35.5. The number of nitrogens with two attached hydrogens (primary N) is 1. The fourth-order valence-corrected chi connectivity index (χ4v) is 1.86. The number of hydrogen-bond acceptors (Lipinski definition) is 2. The number of benzene rings is 1. The predicted octanol–water partition coefficient (Wildman–Crippen LogP) is 3.02. The van der Waals surface area contributed by atoms with Crippen molar-refractivity contribution in [1.29, 1.82) is 0 Å². The lowest BCUT2D eigenvalue weighted by molar-refractivity contribution is 0.610. The van der Waals surface area contributed by atoms with Crippen LogP contribution in [0.2, 0.25) is 5.02 Å². The standard InChI is InChI=1S/C11H14ClN3/c1-2-4-8(13)11-14-9-6-3-5-7(12)10(9)15-11/h3,5-6,8H,2,4,13H2,1H3,(H,14,15). The summed E-state index contributed by atoms with van der Waals surface area (Å²) in [6.07, 6.45) is 1.98. The summed E-state index contributed by atoms with van der Waals surface area (Å²) in [5, 5.41) is 0.665. The van der Waals surface area contributed by atoms with Gasteiger partial charge in [0, 0.05) is 0 Å². The maximum atomic E-state index is 6.03. The second-order valence-electron chi connectivity index (χ2n) is 3.65. The van der Waals surface area contributed by atoms with Crippen molar-refractivity contribution in [1.82, 2.24) is 9.97 Å². The van der Waals surface area contributed by atoms with Gasteiger partial charge < -0.3 is 10.7 Å². The monoisotopic (exact) mass is 223 g/mol. The third kappa shape index (κ3) is 1.98. The van der Waals surface area contributed by atoms with Crippen molar-refractivity contribution in [3.63, 3.8) is 0 Å². The molecule has 4 heteroatoms. The number of fused-ring (bicyclic) bond motifs is 1. The molecule has 1 heterocycles. The number of H-pyrrole nitrogens is 1. The lowest BCUT2D eigenvalue weighted by atomic mass is 10.2. The molecule has 80 valence electrons. The number of nitrogens with one attached hydrogen (secondary N) is 1. The first-order valence-electron chi connectivity index (χ1n) is 5.12. The van der Waals surface area contributed by atoms with Gasteiger partial charge in [-0.15, -0.1) is 0 Å². The Morgan fingerprint density at radius 2 is 2.33 bits per heavy atom. The third-order valence-electron chi connectivity index (χ3n) is 2.43. The Kier molecular flexibility index (Phi) is 2.93. The van der Waals surface area contributed by atoms with Gasteiger partial charge in [-0.1, -0.05) is 31.0 Å². The zero-order chi connectivity index (χ0) is 10.8. The number of halogens is 1. The minimum Gasteiger partial charge on any atom is -0.341 e. The average molecular weight is 224 g/mol. The number of imidazole rings is 1. The van der Waals surface area contributed by atoms with Crippen molar-refractivity contribution in [3.05, 3.63) is 29.0 Å². The van der Waals surface area contributed by atoms with Crippen molar-refractivity contribution < 1.29 is 0 Å². The molecule has 1 aromatic heterocycles. The Morgan fingerprint density at radius 3 is 3.00 bits per heavy atom. The van der Waals surface area contributed by atoms with E-state index < -0.39 is 0 Å². The molecule has 0 radical (unpaired) electrons. The van der Waals surface area contributed by atoms with Crippen LogP contribution in [-0.2, 0) is 0 Å². The molecule has 2 rings (SSSR count). The highest BCUT2D eigenvalue weighted by molar-refractivity contribution is 6.34. The van der Waals surface area contributed by atoms with Crippen LogP contribution in [0.5, 0.6) is 0 Å². The maximum Gasteiger partial charge on any atom is 0.124 e. The van der Waals surface area contributed by atoms with Crippen LogP contribution in [-0.4, -0.2) is 9.97 Å². The minimum atomic E-state index is -0.0292. The smallest absolute Gasteiger partial charge is 0.124 e. The molecule has 1 atom stereocenters. The molecule has 0 amide bonds. The molecular formula is C11H14ClN3. The van der Waals surface area contributed by atoms with Gasteiger partial charge in [-0.2, -0.15) is 0 Å². The van der Waals surface area contributed by atoms with Crippen LogP contribution in [0.4, 0.5) is 0 Å². The third-order valence-corrected chi connectivity index (χ3v) is 2.74. The normalized spacial score (nSPS) is 13.3. The second-order valence-corrected chi connectivity index (χ2v) is 4.06. The number of hydrogen-bond donors (Lipinski definition) is 2. The number of aromatic amines is 1. The van der Waals surface area contributed by atoms with Crippen LogP contribution in [0.1, 0.15) is 31.6 Å². The van der Waals surface area contributed by atoms with E-state index in [9.17, 15) is 0 Å². The van der Waals surface area contributed by atoms with E-state index in [1.54, 1.807) is 0 Å². The highest BCUT2D eigenvalue weighted by Crippen LogP contribution is 2.23. The molecule has 0 aliphatic rings. The van der Waals surface area contributed by atoms with E-state index in [1.165, 1.54) is 0 Å². The van der Waals surface area contributed by atoms with Crippen molar-refractivity contribution in [2.75, 3.05) is 0 Å². The van der Waals surface area contributed by atoms with Crippen molar-refractivity contribution in [3.8, 4) is 0 Å². The van der Waals surface area contributed by atoms with E-state index in [2.05, 4.69) is 16.9 Å². The zero-order valence-corrected chi connectivity index (χ0v) is 9.38. The topological polar surface area (TPSA) is 54.7 Å². The molecule has 3 N–H and O–H groups in total. The van der Waals surface area contributed by atoms with Crippen molar-refractivity contribution in [2.24, 2.45) is 5.73 Å². The van der Waals surface area contributed by atoms with E-state index in [1.807, 2.05) is 18.2 Å². The van der Waals surface area contributed by atoms with Crippen molar-refractivity contribution >= 4 is 22.6 Å². The molecule has 15 heavy (non-hydrogen) atoms. The molecule has 1 aromatic carbocycles.